The number of carbonyl (C=O) groups is 1. The summed E-state index contributed by atoms with van der Waals surface area (Å²) in [6.45, 7) is 0.179. The average Bonchev–Trinajstić information content (AvgIpc) is 2.79. The molecule has 3 rings (SSSR count). The molecule has 0 unspecified atom stereocenters. The minimum atomic E-state index is -0.606. The Kier molecular flexibility index (Phi) is 8.02. The molecule has 1 amide bonds. The van der Waals surface area contributed by atoms with Crippen molar-refractivity contribution in [1.82, 2.24) is 0 Å². The number of amides is 1. The second-order valence-corrected chi connectivity index (χ2v) is 7.73. The Labute approximate surface area is 200 Å². The van der Waals surface area contributed by atoms with Crippen LogP contribution in [0.1, 0.15) is 11.1 Å². The first-order valence-electron chi connectivity index (χ1n) is 9.34. The number of rotatable bonds is 7. The molecule has 0 aliphatic heterocycles. The first-order valence-corrected chi connectivity index (χ1v) is 10.5. The number of nitrogens with zero attached hydrogens (tertiary/aromatic N) is 1. The van der Waals surface area contributed by atoms with E-state index in [1.54, 1.807) is 36.4 Å². The maximum absolute atomic E-state index is 12.7. The highest BCUT2D eigenvalue weighted by molar-refractivity contribution is 6.42. The molecule has 5 nitrogen and oxygen atoms in total. The third-order valence-corrected chi connectivity index (χ3v) is 5.51. The lowest BCUT2D eigenvalue weighted by atomic mass is 10.1. The molecule has 0 atom stereocenters. The van der Waals surface area contributed by atoms with Crippen molar-refractivity contribution in [2.24, 2.45) is 0 Å². The van der Waals surface area contributed by atoms with Gasteiger partial charge in [0.1, 0.15) is 18.2 Å². The van der Waals surface area contributed by atoms with E-state index < -0.39 is 5.91 Å². The number of para-hydroxylation sites is 1. The first kappa shape index (κ1) is 23.5. The van der Waals surface area contributed by atoms with Gasteiger partial charge in [0.15, 0.2) is 11.5 Å². The predicted molar refractivity (Wildman–Crippen MR) is 127 cm³/mol. The van der Waals surface area contributed by atoms with Gasteiger partial charge in [-0.3, -0.25) is 4.79 Å². The Hall–Kier alpha value is -3.17. The summed E-state index contributed by atoms with van der Waals surface area (Å²) in [5.41, 5.74) is 1.56. The van der Waals surface area contributed by atoms with Gasteiger partial charge in [0.25, 0.3) is 5.91 Å². The van der Waals surface area contributed by atoms with E-state index in [2.05, 4.69) is 5.32 Å². The summed E-state index contributed by atoms with van der Waals surface area (Å²) in [5.74, 6) is 0.226. The Morgan fingerprint density at radius 3 is 2.50 bits per heavy atom. The number of nitrogens with one attached hydrogen (secondary N) is 1. The zero-order chi connectivity index (χ0) is 23.1. The van der Waals surface area contributed by atoms with Crippen molar-refractivity contribution in [2.45, 2.75) is 6.61 Å². The standard InChI is InChI=1S/C24H17Cl3N2O3/c1-31-22-8-4-6-15(23(22)32-14-16-5-2-3-7-19(16)25)11-17(13-28)24(30)29-18-9-10-20(26)21(27)12-18/h2-12H,14H2,1H3,(H,29,30)/b17-11+. The first-order chi connectivity index (χ1) is 15.4. The van der Waals surface area contributed by atoms with E-state index in [-0.39, 0.29) is 17.2 Å². The number of halogens is 3. The predicted octanol–water partition coefficient (Wildman–Crippen LogP) is 6.78. The second kappa shape index (κ2) is 10.9. The van der Waals surface area contributed by atoms with Gasteiger partial charge in [-0.25, -0.2) is 0 Å². The van der Waals surface area contributed by atoms with Gasteiger partial charge in [-0.15, -0.1) is 0 Å². The van der Waals surface area contributed by atoms with Crippen LogP contribution in [0.25, 0.3) is 6.08 Å². The topological polar surface area (TPSA) is 71.3 Å². The summed E-state index contributed by atoms with van der Waals surface area (Å²) in [6, 6.07) is 19.0. The zero-order valence-electron chi connectivity index (χ0n) is 16.9. The van der Waals surface area contributed by atoms with E-state index in [4.69, 9.17) is 44.3 Å². The van der Waals surface area contributed by atoms with E-state index in [0.29, 0.717) is 32.8 Å². The average molecular weight is 488 g/mol. The molecule has 0 aliphatic carbocycles. The fourth-order valence-electron chi connectivity index (χ4n) is 2.80. The minimum Gasteiger partial charge on any atom is -0.493 e. The summed E-state index contributed by atoms with van der Waals surface area (Å²) >= 11 is 18.1. The minimum absolute atomic E-state index is 0.132. The van der Waals surface area contributed by atoms with Crippen LogP contribution >= 0.6 is 34.8 Å². The molecule has 0 spiro atoms. The lowest BCUT2D eigenvalue weighted by Crippen LogP contribution is -2.13. The third-order valence-electron chi connectivity index (χ3n) is 4.40. The number of methoxy groups -OCH3 is 1. The summed E-state index contributed by atoms with van der Waals surface area (Å²) < 4.78 is 11.4. The quantitative estimate of drug-likeness (QED) is 0.294. The molecule has 0 saturated heterocycles. The van der Waals surface area contributed by atoms with Gasteiger partial charge in [-0.05, 0) is 36.4 Å². The van der Waals surface area contributed by atoms with Gasteiger partial charge >= 0.3 is 0 Å². The van der Waals surface area contributed by atoms with Crippen LogP contribution in [0.4, 0.5) is 5.69 Å². The normalized spacial score (nSPS) is 10.9. The maximum Gasteiger partial charge on any atom is 0.266 e. The maximum atomic E-state index is 12.7. The lowest BCUT2D eigenvalue weighted by Gasteiger charge is -2.14. The van der Waals surface area contributed by atoms with Crippen molar-refractivity contribution < 1.29 is 14.3 Å². The van der Waals surface area contributed by atoms with Crippen LogP contribution in [0, 0.1) is 11.3 Å². The van der Waals surface area contributed by atoms with E-state index >= 15 is 0 Å². The number of ether oxygens (including phenoxy) is 2. The van der Waals surface area contributed by atoms with Gasteiger partial charge < -0.3 is 14.8 Å². The Bertz CT molecular complexity index is 1220. The molecule has 0 aromatic heterocycles. The summed E-state index contributed by atoms with van der Waals surface area (Å²) in [7, 11) is 1.51. The fourth-order valence-corrected chi connectivity index (χ4v) is 3.29. The molecule has 3 aromatic carbocycles. The number of hydrogen-bond donors (Lipinski definition) is 1. The summed E-state index contributed by atoms with van der Waals surface area (Å²) in [6.07, 6.45) is 1.43. The highest BCUT2D eigenvalue weighted by Crippen LogP contribution is 2.34. The van der Waals surface area contributed by atoms with E-state index in [9.17, 15) is 10.1 Å². The zero-order valence-corrected chi connectivity index (χ0v) is 19.1. The van der Waals surface area contributed by atoms with Gasteiger partial charge in [-0.2, -0.15) is 5.26 Å². The molecule has 0 aliphatic rings. The largest absolute Gasteiger partial charge is 0.493 e. The molecular formula is C24H17Cl3N2O3. The van der Waals surface area contributed by atoms with Gasteiger partial charge in [-0.1, -0.05) is 65.1 Å². The number of nitriles is 1. The van der Waals surface area contributed by atoms with Gasteiger partial charge in [0, 0.05) is 21.8 Å². The molecule has 0 saturated carbocycles. The van der Waals surface area contributed by atoms with Crippen LogP contribution in [0.3, 0.4) is 0 Å². The molecule has 32 heavy (non-hydrogen) atoms. The molecule has 0 radical (unpaired) electrons. The van der Waals surface area contributed by atoms with E-state index in [1.807, 2.05) is 24.3 Å². The SMILES string of the molecule is COc1cccc(/C=C(\C#N)C(=O)Nc2ccc(Cl)c(Cl)c2)c1OCc1ccccc1Cl. The number of carbonyl (C=O) groups excluding carboxylic acids is 1. The van der Waals surface area contributed by atoms with Gasteiger partial charge in [0.05, 0.1) is 17.2 Å². The van der Waals surface area contributed by atoms with Gasteiger partial charge in [0.2, 0.25) is 0 Å². The number of anilines is 1. The molecule has 162 valence electrons. The lowest BCUT2D eigenvalue weighted by molar-refractivity contribution is -0.112. The Morgan fingerprint density at radius 2 is 1.81 bits per heavy atom. The van der Waals surface area contributed by atoms with Crippen molar-refractivity contribution in [1.29, 1.82) is 5.26 Å². The van der Waals surface area contributed by atoms with Crippen molar-refractivity contribution in [3.63, 3.8) is 0 Å². The molecule has 0 bridgehead atoms. The molecular weight excluding hydrogens is 471 g/mol. The molecule has 8 heteroatoms. The molecule has 0 fully saturated rings. The Morgan fingerprint density at radius 1 is 1.03 bits per heavy atom. The highest BCUT2D eigenvalue weighted by Gasteiger charge is 2.15. The third kappa shape index (κ3) is 5.74. The van der Waals surface area contributed by atoms with Crippen molar-refractivity contribution in [2.75, 3.05) is 12.4 Å². The van der Waals surface area contributed by atoms with Crippen LogP contribution < -0.4 is 14.8 Å². The summed E-state index contributed by atoms with van der Waals surface area (Å²) in [4.78, 5) is 12.7. The molecule has 0 heterocycles. The highest BCUT2D eigenvalue weighted by atomic mass is 35.5. The summed E-state index contributed by atoms with van der Waals surface area (Å²) in [5, 5.41) is 13.4. The van der Waals surface area contributed by atoms with Crippen LogP contribution in [-0.2, 0) is 11.4 Å². The van der Waals surface area contributed by atoms with Crippen LogP contribution in [0.15, 0.2) is 66.2 Å². The van der Waals surface area contributed by atoms with E-state index in [0.717, 1.165) is 5.56 Å². The second-order valence-electron chi connectivity index (χ2n) is 6.51. The van der Waals surface area contributed by atoms with Crippen LogP contribution in [0.2, 0.25) is 15.1 Å². The number of benzene rings is 3. The van der Waals surface area contributed by atoms with Crippen molar-refractivity contribution >= 4 is 52.5 Å². The van der Waals surface area contributed by atoms with E-state index in [1.165, 1.54) is 19.3 Å². The smallest absolute Gasteiger partial charge is 0.266 e. The molecule has 1 N–H and O–H groups in total. The fraction of sp³-hybridized carbons (Fsp3) is 0.0833. The monoisotopic (exact) mass is 486 g/mol. The van der Waals surface area contributed by atoms with Crippen LogP contribution in [-0.4, -0.2) is 13.0 Å². The van der Waals surface area contributed by atoms with Crippen molar-refractivity contribution in [3.8, 4) is 17.6 Å². The number of hydrogen-bond acceptors (Lipinski definition) is 4. The van der Waals surface area contributed by atoms with Crippen molar-refractivity contribution in [3.05, 3.63) is 92.4 Å². The molecule has 3 aromatic rings. The Balaban J connectivity index is 1.89. The van der Waals surface area contributed by atoms with Crippen LogP contribution in [0.5, 0.6) is 11.5 Å².